The maximum absolute atomic E-state index is 11.7. The molecule has 0 aliphatic carbocycles. The van der Waals surface area contributed by atoms with Crippen LogP contribution in [-0.2, 0) is 22.8 Å². The minimum Gasteiger partial charge on any atom is -0.300 e. The molecule has 17 heavy (non-hydrogen) atoms. The quantitative estimate of drug-likeness (QED) is 0.823. The molecule has 0 N–H and O–H groups in total. The van der Waals surface area contributed by atoms with Crippen LogP contribution >= 0.6 is 11.6 Å². The summed E-state index contributed by atoms with van der Waals surface area (Å²) in [7, 11) is -3.16. The third-order valence-corrected chi connectivity index (χ3v) is 5.21. The van der Waals surface area contributed by atoms with Crippen molar-refractivity contribution >= 4 is 21.4 Å². The van der Waals surface area contributed by atoms with Crippen LogP contribution in [0.1, 0.15) is 33.0 Å². The van der Waals surface area contributed by atoms with E-state index in [1.807, 2.05) is 6.92 Å². The Hall–Kier alpha value is -0.620. The average Bonchev–Trinajstić information content (AvgIpc) is 2.48. The fraction of sp³-hybridized carbons (Fsp3) is 0.800. The van der Waals surface area contributed by atoms with Crippen molar-refractivity contribution in [3.63, 3.8) is 0 Å². The molecule has 0 bridgehead atoms. The van der Waals surface area contributed by atoms with Gasteiger partial charge in [-0.25, -0.2) is 8.42 Å². The van der Waals surface area contributed by atoms with Gasteiger partial charge in [-0.1, -0.05) is 6.92 Å². The molecule has 1 aromatic rings. The Kier molecular flexibility index (Phi) is 4.19. The van der Waals surface area contributed by atoms with Gasteiger partial charge < -0.3 is 4.57 Å². The van der Waals surface area contributed by atoms with Gasteiger partial charge in [0.25, 0.3) is 0 Å². The normalized spacial score (nSPS) is 13.0. The lowest BCUT2D eigenvalue weighted by atomic mass is 10.2. The number of nitrogens with zero attached hydrogens (tertiary/aromatic N) is 3. The zero-order valence-electron chi connectivity index (χ0n) is 10.6. The second-order valence-electron chi connectivity index (χ2n) is 4.75. The van der Waals surface area contributed by atoms with Gasteiger partial charge in [0.2, 0.25) is 5.28 Å². The number of halogens is 1. The van der Waals surface area contributed by atoms with Crippen molar-refractivity contribution in [2.75, 3.05) is 6.26 Å². The van der Waals surface area contributed by atoms with E-state index in [4.69, 9.17) is 11.6 Å². The van der Waals surface area contributed by atoms with Crippen LogP contribution in [0.3, 0.4) is 0 Å². The summed E-state index contributed by atoms with van der Waals surface area (Å²) in [5.41, 5.74) is 0. The van der Waals surface area contributed by atoms with E-state index >= 15 is 0 Å². The van der Waals surface area contributed by atoms with Gasteiger partial charge in [0.15, 0.2) is 9.84 Å². The van der Waals surface area contributed by atoms with E-state index < -0.39 is 14.6 Å². The lowest BCUT2D eigenvalue weighted by Crippen LogP contribution is -2.36. The van der Waals surface area contributed by atoms with Crippen molar-refractivity contribution in [2.24, 2.45) is 0 Å². The molecule has 0 saturated heterocycles. The van der Waals surface area contributed by atoms with E-state index in [-0.39, 0.29) is 11.8 Å². The summed E-state index contributed by atoms with van der Waals surface area (Å²) in [5.74, 6) is 0.731. The number of hydrogen-bond donors (Lipinski definition) is 0. The van der Waals surface area contributed by atoms with Crippen LogP contribution in [-0.4, -0.2) is 34.2 Å². The van der Waals surface area contributed by atoms with Gasteiger partial charge in [-0.05, 0) is 31.9 Å². The molecule has 1 aromatic heterocycles. The summed E-state index contributed by atoms with van der Waals surface area (Å²) in [6, 6.07) is 0. The van der Waals surface area contributed by atoms with Crippen molar-refractivity contribution in [2.45, 2.75) is 44.9 Å². The number of aryl methyl sites for hydroxylation is 1. The van der Waals surface area contributed by atoms with Gasteiger partial charge in [-0.3, -0.25) is 0 Å². The van der Waals surface area contributed by atoms with Gasteiger partial charge in [0.05, 0.1) is 4.75 Å². The molecule has 98 valence electrons. The highest BCUT2D eigenvalue weighted by Gasteiger charge is 2.32. The third-order valence-electron chi connectivity index (χ3n) is 2.80. The highest BCUT2D eigenvalue weighted by atomic mass is 35.5. The maximum Gasteiger partial charge on any atom is 0.225 e. The first-order chi connectivity index (χ1) is 7.69. The molecule has 1 rings (SSSR count). The first kappa shape index (κ1) is 14.4. The summed E-state index contributed by atoms with van der Waals surface area (Å²) in [6.45, 7) is 5.64. The van der Waals surface area contributed by atoms with Crippen molar-refractivity contribution in [1.82, 2.24) is 14.8 Å². The molecule has 0 spiro atoms. The van der Waals surface area contributed by atoms with E-state index in [0.717, 1.165) is 18.7 Å². The SMILES string of the molecule is CCCc1nnc(Cl)n1CC(C)(C)S(C)(=O)=O. The standard InChI is InChI=1S/C10H18ClN3O2S/c1-5-6-8-12-13-9(11)14(8)7-10(2,3)17(4,15)16/h5-7H2,1-4H3. The monoisotopic (exact) mass is 279 g/mol. The predicted molar refractivity (Wildman–Crippen MR) is 67.9 cm³/mol. The molecule has 1 heterocycles. The van der Waals surface area contributed by atoms with E-state index in [1.165, 1.54) is 6.26 Å². The minimum absolute atomic E-state index is 0.241. The van der Waals surface area contributed by atoms with Crippen LogP contribution in [0.15, 0.2) is 0 Å². The summed E-state index contributed by atoms with van der Waals surface area (Å²) in [5, 5.41) is 7.98. The van der Waals surface area contributed by atoms with Crippen LogP contribution in [0, 0.1) is 0 Å². The molecule has 0 fully saturated rings. The molecular weight excluding hydrogens is 262 g/mol. The topological polar surface area (TPSA) is 64.8 Å². The minimum atomic E-state index is -3.16. The Morgan fingerprint density at radius 3 is 2.41 bits per heavy atom. The lowest BCUT2D eigenvalue weighted by molar-refractivity contribution is 0.492. The van der Waals surface area contributed by atoms with Crippen LogP contribution in [0.2, 0.25) is 5.28 Å². The maximum atomic E-state index is 11.7. The average molecular weight is 280 g/mol. The van der Waals surface area contributed by atoms with E-state index in [2.05, 4.69) is 10.2 Å². The molecule has 0 saturated carbocycles. The second-order valence-corrected chi connectivity index (χ2v) is 7.74. The largest absolute Gasteiger partial charge is 0.300 e. The molecule has 0 amide bonds. The van der Waals surface area contributed by atoms with E-state index in [1.54, 1.807) is 18.4 Å². The summed E-state index contributed by atoms with van der Waals surface area (Å²) in [6.07, 6.45) is 2.87. The molecule has 0 aromatic carbocycles. The Bertz CT molecular complexity index is 494. The molecule has 0 radical (unpaired) electrons. The smallest absolute Gasteiger partial charge is 0.225 e. The number of hydrogen-bond acceptors (Lipinski definition) is 4. The fourth-order valence-corrected chi connectivity index (χ4v) is 1.94. The van der Waals surface area contributed by atoms with Gasteiger partial charge in [-0.2, -0.15) is 0 Å². The van der Waals surface area contributed by atoms with Gasteiger partial charge in [0.1, 0.15) is 5.82 Å². The molecule has 7 heteroatoms. The van der Waals surface area contributed by atoms with Crippen molar-refractivity contribution in [3.8, 4) is 0 Å². The Balaban J connectivity index is 3.07. The van der Waals surface area contributed by atoms with Crippen molar-refractivity contribution in [3.05, 3.63) is 11.1 Å². The van der Waals surface area contributed by atoms with Gasteiger partial charge in [-0.15, -0.1) is 10.2 Å². The zero-order valence-corrected chi connectivity index (χ0v) is 12.1. The second kappa shape index (κ2) is 4.94. The number of aromatic nitrogens is 3. The molecule has 0 atom stereocenters. The molecule has 0 aliphatic heterocycles. The third kappa shape index (κ3) is 3.19. The summed E-state index contributed by atoms with van der Waals surface area (Å²) >= 11 is 5.93. The Morgan fingerprint density at radius 2 is 1.94 bits per heavy atom. The Labute approximate surface area is 107 Å². The van der Waals surface area contributed by atoms with Crippen LogP contribution in [0.25, 0.3) is 0 Å². The highest BCUT2D eigenvalue weighted by molar-refractivity contribution is 7.92. The molecular formula is C10H18ClN3O2S. The predicted octanol–water partition coefficient (Wildman–Crippen LogP) is 1.71. The van der Waals surface area contributed by atoms with Crippen molar-refractivity contribution < 1.29 is 8.42 Å². The highest BCUT2D eigenvalue weighted by Crippen LogP contribution is 2.21. The molecule has 5 nitrogen and oxygen atoms in total. The first-order valence-corrected chi connectivity index (χ1v) is 7.73. The van der Waals surface area contributed by atoms with E-state index in [9.17, 15) is 8.42 Å². The van der Waals surface area contributed by atoms with Gasteiger partial charge in [0, 0.05) is 19.2 Å². The van der Waals surface area contributed by atoms with Crippen molar-refractivity contribution in [1.29, 1.82) is 0 Å². The van der Waals surface area contributed by atoms with E-state index in [0.29, 0.717) is 0 Å². The molecule has 0 unspecified atom stereocenters. The van der Waals surface area contributed by atoms with Crippen LogP contribution in [0.4, 0.5) is 0 Å². The van der Waals surface area contributed by atoms with Gasteiger partial charge >= 0.3 is 0 Å². The summed E-state index contributed by atoms with van der Waals surface area (Å²) < 4.78 is 24.1. The zero-order chi connectivity index (χ0) is 13.3. The number of rotatable bonds is 5. The Morgan fingerprint density at radius 1 is 1.35 bits per heavy atom. The fourth-order valence-electron chi connectivity index (χ4n) is 1.38. The summed E-state index contributed by atoms with van der Waals surface area (Å²) in [4.78, 5) is 0. The number of sulfone groups is 1. The van der Waals surface area contributed by atoms with Crippen LogP contribution < -0.4 is 0 Å². The lowest BCUT2D eigenvalue weighted by Gasteiger charge is -2.23. The molecule has 0 aliphatic rings. The first-order valence-electron chi connectivity index (χ1n) is 5.46. The van der Waals surface area contributed by atoms with Crippen LogP contribution in [0.5, 0.6) is 0 Å².